The molecule has 1 N–H and O–H groups in total. The van der Waals surface area contributed by atoms with Crippen LogP contribution in [0.1, 0.15) is 16.7 Å². The second-order valence-electron chi connectivity index (χ2n) is 6.35. The standard InChI is InChI=1S/C22H13ClFN3O2/c1-13-4-2-6-16-19(13)26-22(29)27(21(16)28)20-17(23)10-15(11-18(20)24)8-7-14-5-3-9-25-12-14/h2-6,9-12H,1H3,(H,26,29). The van der Waals surface area contributed by atoms with Crippen molar-refractivity contribution in [1.29, 1.82) is 0 Å². The molecule has 0 fully saturated rings. The highest BCUT2D eigenvalue weighted by Crippen LogP contribution is 2.24. The van der Waals surface area contributed by atoms with E-state index < -0.39 is 17.1 Å². The van der Waals surface area contributed by atoms with Crippen LogP contribution in [0, 0.1) is 24.6 Å². The zero-order valence-corrected chi connectivity index (χ0v) is 15.9. The zero-order chi connectivity index (χ0) is 20.5. The summed E-state index contributed by atoms with van der Waals surface area (Å²) < 4.78 is 15.6. The molecular weight excluding hydrogens is 393 g/mol. The number of hydrogen-bond donors (Lipinski definition) is 1. The van der Waals surface area contributed by atoms with E-state index in [0.29, 0.717) is 21.2 Å². The summed E-state index contributed by atoms with van der Waals surface area (Å²) in [6, 6.07) is 11.1. The van der Waals surface area contributed by atoms with Crippen molar-refractivity contribution in [1.82, 2.24) is 14.5 Å². The van der Waals surface area contributed by atoms with Crippen molar-refractivity contribution in [2.24, 2.45) is 0 Å². The number of halogens is 2. The molecule has 4 rings (SSSR count). The third kappa shape index (κ3) is 3.44. The van der Waals surface area contributed by atoms with E-state index in [0.717, 1.165) is 11.6 Å². The number of aromatic amines is 1. The van der Waals surface area contributed by atoms with E-state index in [1.807, 2.05) is 0 Å². The zero-order valence-electron chi connectivity index (χ0n) is 15.2. The number of nitrogens with one attached hydrogen (secondary N) is 1. The summed E-state index contributed by atoms with van der Waals surface area (Å²) in [5, 5.41) is 0.167. The number of nitrogens with zero attached hydrogens (tertiary/aromatic N) is 2. The molecule has 2 aromatic carbocycles. The van der Waals surface area contributed by atoms with Crippen LogP contribution in [0.25, 0.3) is 16.6 Å². The Balaban J connectivity index is 1.88. The van der Waals surface area contributed by atoms with Crippen LogP contribution in [-0.4, -0.2) is 14.5 Å². The van der Waals surface area contributed by atoms with E-state index in [-0.39, 0.29) is 16.1 Å². The molecule has 0 amide bonds. The van der Waals surface area contributed by atoms with Crippen molar-refractivity contribution in [2.45, 2.75) is 6.92 Å². The van der Waals surface area contributed by atoms with Gasteiger partial charge in [0.15, 0.2) is 0 Å². The normalized spacial score (nSPS) is 10.6. The van der Waals surface area contributed by atoms with Crippen molar-refractivity contribution < 1.29 is 4.39 Å². The average Bonchev–Trinajstić information content (AvgIpc) is 2.70. The van der Waals surface area contributed by atoms with E-state index in [1.54, 1.807) is 49.6 Å². The number of aryl methyl sites for hydroxylation is 1. The topological polar surface area (TPSA) is 67.8 Å². The molecule has 0 aliphatic heterocycles. The highest BCUT2D eigenvalue weighted by molar-refractivity contribution is 6.32. The summed E-state index contributed by atoms with van der Waals surface area (Å²) in [5.41, 5.74) is 0.375. The molecule has 7 heteroatoms. The monoisotopic (exact) mass is 405 g/mol. The van der Waals surface area contributed by atoms with E-state index in [1.165, 1.54) is 6.07 Å². The van der Waals surface area contributed by atoms with Gasteiger partial charge >= 0.3 is 5.69 Å². The average molecular weight is 406 g/mol. The molecule has 0 saturated carbocycles. The van der Waals surface area contributed by atoms with Gasteiger partial charge in [-0.3, -0.25) is 9.78 Å². The Morgan fingerprint density at radius 1 is 1.10 bits per heavy atom. The van der Waals surface area contributed by atoms with Crippen LogP contribution >= 0.6 is 11.6 Å². The third-order valence-corrected chi connectivity index (χ3v) is 4.68. The van der Waals surface area contributed by atoms with E-state index >= 15 is 0 Å². The minimum absolute atomic E-state index is 0.0971. The Hall–Kier alpha value is -3.69. The number of benzene rings is 2. The van der Waals surface area contributed by atoms with Crippen molar-refractivity contribution in [3.05, 3.63) is 103 Å². The first-order valence-corrected chi connectivity index (χ1v) is 8.99. The van der Waals surface area contributed by atoms with Crippen LogP contribution in [0.2, 0.25) is 5.02 Å². The molecule has 142 valence electrons. The number of hydrogen-bond acceptors (Lipinski definition) is 3. The Labute approximate surface area is 169 Å². The minimum Gasteiger partial charge on any atom is -0.306 e. The van der Waals surface area contributed by atoms with E-state index in [9.17, 15) is 14.0 Å². The van der Waals surface area contributed by atoms with E-state index in [4.69, 9.17) is 11.6 Å². The fourth-order valence-electron chi connectivity index (χ4n) is 3.02. The van der Waals surface area contributed by atoms with Crippen molar-refractivity contribution >= 4 is 22.5 Å². The van der Waals surface area contributed by atoms with Gasteiger partial charge in [-0.15, -0.1) is 0 Å². The molecule has 0 aliphatic carbocycles. The first kappa shape index (κ1) is 18.7. The van der Waals surface area contributed by atoms with Crippen LogP contribution in [0.5, 0.6) is 0 Å². The second-order valence-corrected chi connectivity index (χ2v) is 6.76. The summed E-state index contributed by atoms with van der Waals surface area (Å²) in [6.45, 7) is 1.77. The van der Waals surface area contributed by atoms with Crippen LogP contribution in [0.15, 0.2) is 64.4 Å². The molecule has 0 saturated heterocycles. The number of rotatable bonds is 1. The largest absolute Gasteiger partial charge is 0.333 e. The van der Waals surface area contributed by atoms with Gasteiger partial charge in [-0.05, 0) is 42.8 Å². The lowest BCUT2D eigenvalue weighted by Crippen LogP contribution is -2.34. The summed E-state index contributed by atoms with van der Waals surface area (Å²) in [7, 11) is 0. The molecule has 29 heavy (non-hydrogen) atoms. The predicted molar refractivity (Wildman–Crippen MR) is 110 cm³/mol. The number of pyridine rings is 1. The third-order valence-electron chi connectivity index (χ3n) is 4.39. The molecule has 2 heterocycles. The van der Waals surface area contributed by atoms with Crippen LogP contribution in [0.4, 0.5) is 4.39 Å². The van der Waals surface area contributed by atoms with Crippen LogP contribution in [-0.2, 0) is 0 Å². The van der Waals surface area contributed by atoms with Gasteiger partial charge in [-0.25, -0.2) is 13.8 Å². The predicted octanol–water partition coefficient (Wildman–Crippen LogP) is 3.57. The molecule has 0 radical (unpaired) electrons. The second kappa shape index (κ2) is 7.38. The molecule has 0 spiro atoms. The summed E-state index contributed by atoms with van der Waals surface area (Å²) in [6.07, 6.45) is 3.20. The first-order valence-electron chi connectivity index (χ1n) is 8.62. The Kier molecular flexibility index (Phi) is 4.75. The Morgan fingerprint density at radius 2 is 1.90 bits per heavy atom. The number of para-hydroxylation sites is 1. The van der Waals surface area contributed by atoms with E-state index in [2.05, 4.69) is 21.8 Å². The molecule has 4 aromatic rings. The van der Waals surface area contributed by atoms with Gasteiger partial charge in [0.25, 0.3) is 5.56 Å². The summed E-state index contributed by atoms with van der Waals surface area (Å²) >= 11 is 6.24. The lowest BCUT2D eigenvalue weighted by Gasteiger charge is -2.11. The van der Waals surface area contributed by atoms with Crippen LogP contribution in [0.3, 0.4) is 0 Å². The van der Waals surface area contributed by atoms with Crippen molar-refractivity contribution in [3.63, 3.8) is 0 Å². The molecule has 2 aromatic heterocycles. The molecule has 0 aliphatic rings. The lowest BCUT2D eigenvalue weighted by atomic mass is 10.1. The molecule has 0 atom stereocenters. The Bertz CT molecular complexity index is 1410. The minimum atomic E-state index is -0.826. The lowest BCUT2D eigenvalue weighted by molar-refractivity contribution is 0.613. The number of H-pyrrole nitrogens is 1. The Morgan fingerprint density at radius 3 is 2.62 bits per heavy atom. The van der Waals surface area contributed by atoms with Crippen molar-refractivity contribution in [3.8, 4) is 17.5 Å². The summed E-state index contributed by atoms with van der Waals surface area (Å²) in [5.74, 6) is 4.83. The van der Waals surface area contributed by atoms with Crippen LogP contribution < -0.4 is 11.2 Å². The van der Waals surface area contributed by atoms with Gasteiger partial charge < -0.3 is 4.98 Å². The fourth-order valence-corrected chi connectivity index (χ4v) is 3.32. The maximum absolute atomic E-state index is 14.9. The smallest absolute Gasteiger partial charge is 0.306 e. The number of aromatic nitrogens is 3. The van der Waals surface area contributed by atoms with Gasteiger partial charge in [0.1, 0.15) is 11.5 Å². The quantitative estimate of drug-likeness (QED) is 0.492. The van der Waals surface area contributed by atoms with Gasteiger partial charge in [-0.2, -0.15) is 0 Å². The fraction of sp³-hybridized carbons (Fsp3) is 0.0455. The highest BCUT2D eigenvalue weighted by Gasteiger charge is 2.18. The van der Waals surface area contributed by atoms with Gasteiger partial charge in [0, 0.05) is 23.5 Å². The molecule has 5 nitrogen and oxygen atoms in total. The van der Waals surface area contributed by atoms with Crippen molar-refractivity contribution in [2.75, 3.05) is 0 Å². The maximum Gasteiger partial charge on any atom is 0.333 e. The molecular formula is C22H13ClFN3O2. The molecule has 0 bridgehead atoms. The SMILES string of the molecule is Cc1cccc2c(=O)n(-c3c(F)cc(C#Cc4cccnc4)cc3Cl)c(=O)[nH]c12. The number of fused-ring (bicyclic) bond motifs is 1. The first-order chi connectivity index (χ1) is 14.0. The van der Waals surface area contributed by atoms with Gasteiger partial charge in [0.2, 0.25) is 0 Å². The maximum atomic E-state index is 14.9. The van der Waals surface area contributed by atoms with Gasteiger partial charge in [-0.1, -0.05) is 35.6 Å². The summed E-state index contributed by atoms with van der Waals surface area (Å²) in [4.78, 5) is 32.0. The highest BCUT2D eigenvalue weighted by atomic mass is 35.5. The van der Waals surface area contributed by atoms with Gasteiger partial charge in [0.05, 0.1) is 15.9 Å². The molecule has 0 unspecified atom stereocenters.